The van der Waals surface area contributed by atoms with Crippen LogP contribution in [0.1, 0.15) is 50.7 Å². The number of hydrogen-bond acceptors (Lipinski definition) is 5. The van der Waals surface area contributed by atoms with Crippen LogP contribution in [-0.2, 0) is 19.1 Å². The molecule has 2 aromatic carbocycles. The highest BCUT2D eigenvalue weighted by atomic mass is 16.6. The van der Waals surface area contributed by atoms with Crippen molar-refractivity contribution in [3.63, 3.8) is 0 Å². The molecule has 0 saturated heterocycles. The highest BCUT2D eigenvalue weighted by Crippen LogP contribution is 2.44. The Morgan fingerprint density at radius 2 is 1.53 bits per heavy atom. The van der Waals surface area contributed by atoms with E-state index in [1.54, 1.807) is 20.8 Å². The van der Waals surface area contributed by atoms with Gasteiger partial charge in [-0.1, -0.05) is 48.5 Å². The molecule has 0 saturated carbocycles. The SMILES string of the molecule is CC(C)(C)OC(=O)CC[C@@H](NC(=O)OCC1c2ccccc2-c2ccccc21)C(=O)O.O. The third kappa shape index (κ3) is 6.07. The fourth-order valence-electron chi connectivity index (χ4n) is 3.69. The molecule has 1 atom stereocenters. The monoisotopic (exact) mass is 443 g/mol. The molecule has 0 aliphatic heterocycles. The van der Waals surface area contributed by atoms with Gasteiger partial charge < -0.3 is 25.4 Å². The molecule has 2 aromatic rings. The van der Waals surface area contributed by atoms with Gasteiger partial charge in [0.2, 0.25) is 0 Å². The van der Waals surface area contributed by atoms with Crippen molar-refractivity contribution in [3.8, 4) is 11.1 Å². The highest BCUT2D eigenvalue weighted by Gasteiger charge is 2.30. The molecule has 1 aliphatic rings. The molecule has 0 aromatic heterocycles. The van der Waals surface area contributed by atoms with E-state index in [0.717, 1.165) is 22.3 Å². The smallest absolute Gasteiger partial charge is 0.407 e. The summed E-state index contributed by atoms with van der Waals surface area (Å²) in [5.41, 5.74) is 3.68. The van der Waals surface area contributed by atoms with E-state index in [-0.39, 0.29) is 30.8 Å². The topological polar surface area (TPSA) is 133 Å². The number of hydrogen-bond donors (Lipinski definition) is 2. The highest BCUT2D eigenvalue weighted by molar-refractivity contribution is 5.81. The van der Waals surface area contributed by atoms with E-state index in [1.807, 2.05) is 48.5 Å². The Labute approximate surface area is 186 Å². The van der Waals surface area contributed by atoms with Gasteiger partial charge in [0.25, 0.3) is 0 Å². The summed E-state index contributed by atoms with van der Waals surface area (Å²) in [4.78, 5) is 35.6. The number of carboxylic acids is 1. The zero-order chi connectivity index (χ0) is 22.6. The summed E-state index contributed by atoms with van der Waals surface area (Å²) in [6, 6.07) is 14.6. The van der Waals surface area contributed by atoms with E-state index >= 15 is 0 Å². The zero-order valence-electron chi connectivity index (χ0n) is 18.4. The summed E-state index contributed by atoms with van der Waals surface area (Å²) in [6.07, 6.45) is -1.05. The molecule has 0 bridgehead atoms. The van der Waals surface area contributed by atoms with E-state index in [4.69, 9.17) is 9.47 Å². The van der Waals surface area contributed by atoms with Crippen molar-refractivity contribution >= 4 is 18.0 Å². The Morgan fingerprint density at radius 3 is 2.03 bits per heavy atom. The lowest BCUT2D eigenvalue weighted by molar-refractivity contribution is -0.155. The number of carbonyl (C=O) groups is 3. The average molecular weight is 443 g/mol. The van der Waals surface area contributed by atoms with Gasteiger partial charge in [-0.2, -0.15) is 0 Å². The van der Waals surface area contributed by atoms with Crippen LogP contribution in [0.3, 0.4) is 0 Å². The molecule has 32 heavy (non-hydrogen) atoms. The molecule has 4 N–H and O–H groups in total. The van der Waals surface area contributed by atoms with Crippen LogP contribution in [0.5, 0.6) is 0 Å². The molecule has 8 nitrogen and oxygen atoms in total. The number of aliphatic carboxylic acids is 1. The van der Waals surface area contributed by atoms with Crippen molar-refractivity contribution in [2.24, 2.45) is 0 Å². The zero-order valence-corrected chi connectivity index (χ0v) is 18.4. The van der Waals surface area contributed by atoms with Crippen molar-refractivity contribution in [2.45, 2.75) is 51.2 Å². The number of carboxylic acid groups (broad SMARTS) is 1. The van der Waals surface area contributed by atoms with Crippen molar-refractivity contribution in [1.29, 1.82) is 0 Å². The molecular formula is C24H29NO7. The van der Waals surface area contributed by atoms with Crippen molar-refractivity contribution in [1.82, 2.24) is 5.32 Å². The number of fused-ring (bicyclic) bond motifs is 3. The molecule has 3 rings (SSSR count). The summed E-state index contributed by atoms with van der Waals surface area (Å²) in [5, 5.41) is 11.7. The molecule has 0 fully saturated rings. The van der Waals surface area contributed by atoms with Crippen LogP contribution in [0.4, 0.5) is 4.79 Å². The molecule has 0 heterocycles. The first kappa shape index (κ1) is 24.9. The molecule has 8 heteroatoms. The first-order valence-electron chi connectivity index (χ1n) is 10.2. The minimum absolute atomic E-state index is 0. The van der Waals surface area contributed by atoms with Crippen LogP contribution in [0.25, 0.3) is 11.1 Å². The van der Waals surface area contributed by atoms with Gasteiger partial charge in [0, 0.05) is 12.3 Å². The van der Waals surface area contributed by atoms with Gasteiger partial charge in [-0.05, 0) is 49.4 Å². The van der Waals surface area contributed by atoms with Crippen LogP contribution in [0.15, 0.2) is 48.5 Å². The number of rotatable bonds is 7. The van der Waals surface area contributed by atoms with Gasteiger partial charge in [0.15, 0.2) is 0 Å². The fourth-order valence-corrected chi connectivity index (χ4v) is 3.69. The van der Waals surface area contributed by atoms with Crippen LogP contribution >= 0.6 is 0 Å². The first-order valence-corrected chi connectivity index (χ1v) is 10.2. The van der Waals surface area contributed by atoms with Gasteiger partial charge in [-0.25, -0.2) is 9.59 Å². The lowest BCUT2D eigenvalue weighted by Crippen LogP contribution is -2.42. The van der Waals surface area contributed by atoms with Crippen LogP contribution < -0.4 is 5.32 Å². The minimum Gasteiger partial charge on any atom is -0.480 e. The average Bonchev–Trinajstić information content (AvgIpc) is 3.02. The lowest BCUT2D eigenvalue weighted by atomic mass is 9.98. The number of amides is 1. The van der Waals surface area contributed by atoms with E-state index < -0.39 is 29.7 Å². The van der Waals surface area contributed by atoms with Crippen LogP contribution in [-0.4, -0.2) is 46.9 Å². The molecule has 0 unspecified atom stereocenters. The maximum atomic E-state index is 12.3. The standard InChI is InChI=1S/C24H27NO6.H2O/c1-24(2,3)31-21(26)13-12-20(22(27)28)25-23(29)30-14-19-17-10-6-4-8-15(17)16-9-5-7-11-18(16)19;/h4-11,19-20H,12-14H2,1-3H3,(H,25,29)(H,27,28);1H2/t20-;/m1./s1. The maximum absolute atomic E-state index is 12.3. The Hall–Kier alpha value is -3.39. The van der Waals surface area contributed by atoms with E-state index in [1.165, 1.54) is 0 Å². The molecule has 1 aliphatic carbocycles. The fraction of sp³-hybridized carbons (Fsp3) is 0.375. The third-order valence-electron chi connectivity index (χ3n) is 4.99. The van der Waals surface area contributed by atoms with Gasteiger partial charge in [-0.3, -0.25) is 4.79 Å². The second kappa shape index (κ2) is 10.3. The summed E-state index contributed by atoms with van der Waals surface area (Å²) in [5.74, 6) is -1.88. The number of esters is 1. The third-order valence-corrected chi connectivity index (χ3v) is 4.99. The summed E-state index contributed by atoms with van der Waals surface area (Å²) >= 11 is 0. The van der Waals surface area contributed by atoms with Gasteiger partial charge >= 0.3 is 18.0 Å². The summed E-state index contributed by atoms with van der Waals surface area (Å²) in [7, 11) is 0. The van der Waals surface area contributed by atoms with Gasteiger partial charge in [0.1, 0.15) is 18.2 Å². The predicted molar refractivity (Wildman–Crippen MR) is 118 cm³/mol. The molecule has 0 radical (unpaired) electrons. The minimum atomic E-state index is -1.25. The van der Waals surface area contributed by atoms with E-state index in [2.05, 4.69) is 5.32 Å². The Kier molecular flexibility index (Phi) is 7.99. The van der Waals surface area contributed by atoms with Crippen LogP contribution in [0.2, 0.25) is 0 Å². The van der Waals surface area contributed by atoms with E-state index in [9.17, 15) is 19.5 Å². The van der Waals surface area contributed by atoms with Gasteiger partial charge in [0.05, 0.1) is 0 Å². The number of ether oxygens (including phenoxy) is 2. The second-order valence-electron chi connectivity index (χ2n) is 8.49. The summed E-state index contributed by atoms with van der Waals surface area (Å²) in [6.45, 7) is 5.27. The number of nitrogens with one attached hydrogen (secondary N) is 1. The van der Waals surface area contributed by atoms with Crippen molar-refractivity contribution < 1.29 is 34.4 Å². The maximum Gasteiger partial charge on any atom is 0.407 e. The Morgan fingerprint density at radius 1 is 1.00 bits per heavy atom. The molecule has 172 valence electrons. The van der Waals surface area contributed by atoms with Crippen molar-refractivity contribution in [3.05, 3.63) is 59.7 Å². The number of benzene rings is 2. The number of alkyl carbamates (subject to hydrolysis) is 1. The normalized spacial score (nSPS) is 13.2. The largest absolute Gasteiger partial charge is 0.480 e. The lowest BCUT2D eigenvalue weighted by Gasteiger charge is -2.20. The molecule has 1 amide bonds. The Bertz CT molecular complexity index is 935. The number of carbonyl (C=O) groups excluding carboxylic acids is 2. The molecular weight excluding hydrogens is 414 g/mol. The predicted octanol–water partition coefficient (Wildman–Crippen LogP) is 3.28. The molecule has 0 spiro atoms. The quantitative estimate of drug-likeness (QED) is 0.631. The second-order valence-corrected chi connectivity index (χ2v) is 8.49. The van der Waals surface area contributed by atoms with Gasteiger partial charge in [-0.15, -0.1) is 0 Å². The van der Waals surface area contributed by atoms with E-state index in [0.29, 0.717) is 0 Å². The van der Waals surface area contributed by atoms with Crippen LogP contribution in [0, 0.1) is 0 Å². The summed E-state index contributed by atoms with van der Waals surface area (Å²) < 4.78 is 10.6. The van der Waals surface area contributed by atoms with Crippen molar-refractivity contribution in [2.75, 3.05) is 6.61 Å². The first-order chi connectivity index (χ1) is 14.7. The Balaban J connectivity index is 0.00000363.